The van der Waals surface area contributed by atoms with Crippen molar-refractivity contribution < 1.29 is 4.79 Å². The first-order chi connectivity index (χ1) is 12.3. The van der Waals surface area contributed by atoms with Crippen LogP contribution in [0.15, 0.2) is 48.9 Å². The van der Waals surface area contributed by atoms with Gasteiger partial charge in [-0.1, -0.05) is 12.1 Å². The highest BCUT2D eigenvalue weighted by Gasteiger charge is 2.17. The van der Waals surface area contributed by atoms with Gasteiger partial charge in [0.2, 0.25) is 5.91 Å². The maximum absolute atomic E-state index is 12.2. The molecule has 0 atom stereocenters. The van der Waals surface area contributed by atoms with Crippen LogP contribution in [0, 0.1) is 0 Å². The molecule has 0 aromatic carbocycles. The zero-order valence-corrected chi connectivity index (χ0v) is 14.5. The molecule has 1 aliphatic heterocycles. The summed E-state index contributed by atoms with van der Waals surface area (Å²) in [4.78, 5) is 25.2. The van der Waals surface area contributed by atoms with Gasteiger partial charge in [-0.25, -0.2) is 0 Å². The molecule has 0 bridgehead atoms. The Labute approximate surface area is 148 Å². The Kier molecular flexibility index (Phi) is 6.48. The highest BCUT2D eigenvalue weighted by molar-refractivity contribution is 5.77. The summed E-state index contributed by atoms with van der Waals surface area (Å²) in [5.41, 5.74) is 2.12. The molecular formula is C19H25N5O. The van der Waals surface area contributed by atoms with Gasteiger partial charge in [-0.2, -0.15) is 0 Å². The van der Waals surface area contributed by atoms with E-state index < -0.39 is 0 Å². The second-order valence-corrected chi connectivity index (χ2v) is 6.36. The minimum atomic E-state index is 0.0614. The summed E-state index contributed by atoms with van der Waals surface area (Å²) in [7, 11) is 0. The van der Waals surface area contributed by atoms with Crippen molar-refractivity contribution in [1.82, 2.24) is 25.1 Å². The SMILES string of the molecule is O=C(CN1CCCN(Cc2cccnc2)CC1)NCc1ccccn1. The Morgan fingerprint density at radius 1 is 1.04 bits per heavy atom. The van der Waals surface area contributed by atoms with Gasteiger partial charge in [0.15, 0.2) is 0 Å². The summed E-state index contributed by atoms with van der Waals surface area (Å²) >= 11 is 0. The second-order valence-electron chi connectivity index (χ2n) is 6.36. The van der Waals surface area contributed by atoms with E-state index in [1.807, 2.05) is 30.5 Å². The van der Waals surface area contributed by atoms with Gasteiger partial charge in [0.25, 0.3) is 0 Å². The molecule has 132 valence electrons. The molecule has 1 fully saturated rings. The summed E-state index contributed by atoms with van der Waals surface area (Å²) < 4.78 is 0. The van der Waals surface area contributed by atoms with Gasteiger partial charge in [0, 0.05) is 38.2 Å². The van der Waals surface area contributed by atoms with E-state index in [1.54, 1.807) is 12.4 Å². The first kappa shape index (κ1) is 17.5. The van der Waals surface area contributed by atoms with Crippen molar-refractivity contribution in [3.05, 3.63) is 60.2 Å². The lowest BCUT2D eigenvalue weighted by atomic mass is 10.2. The molecule has 6 heteroatoms. The predicted octanol–water partition coefficient (Wildman–Crippen LogP) is 1.30. The minimum absolute atomic E-state index is 0.0614. The molecule has 2 aromatic rings. The standard InChI is InChI=1S/C19H25N5O/c25-19(22-14-18-6-1-2-8-21-18)16-24-10-4-9-23(11-12-24)15-17-5-3-7-20-13-17/h1-3,5-8,13H,4,9-12,14-16H2,(H,22,25). The Bertz CT molecular complexity index is 649. The molecular weight excluding hydrogens is 314 g/mol. The number of nitrogens with zero attached hydrogens (tertiary/aromatic N) is 4. The molecule has 0 unspecified atom stereocenters. The van der Waals surface area contributed by atoms with E-state index in [2.05, 4.69) is 31.2 Å². The monoisotopic (exact) mass is 339 g/mol. The van der Waals surface area contributed by atoms with Crippen LogP contribution in [-0.4, -0.2) is 58.4 Å². The lowest BCUT2D eigenvalue weighted by Crippen LogP contribution is -2.39. The molecule has 25 heavy (non-hydrogen) atoms. The van der Waals surface area contributed by atoms with E-state index in [9.17, 15) is 4.79 Å². The molecule has 1 amide bonds. The Hall–Kier alpha value is -2.31. The summed E-state index contributed by atoms with van der Waals surface area (Å²) in [5, 5.41) is 2.95. The largest absolute Gasteiger partial charge is 0.349 e. The van der Waals surface area contributed by atoms with E-state index in [0.29, 0.717) is 13.1 Å². The summed E-state index contributed by atoms with van der Waals surface area (Å²) in [6, 6.07) is 9.81. The van der Waals surface area contributed by atoms with Crippen molar-refractivity contribution in [3.63, 3.8) is 0 Å². The van der Waals surface area contributed by atoms with Crippen molar-refractivity contribution in [3.8, 4) is 0 Å². The van der Waals surface area contributed by atoms with Crippen molar-refractivity contribution in [2.24, 2.45) is 0 Å². The molecule has 3 rings (SSSR count). The molecule has 1 N–H and O–H groups in total. The molecule has 0 saturated carbocycles. The van der Waals surface area contributed by atoms with Crippen LogP contribution in [-0.2, 0) is 17.9 Å². The van der Waals surface area contributed by atoms with Crippen LogP contribution in [0.3, 0.4) is 0 Å². The summed E-state index contributed by atoms with van der Waals surface area (Å²) in [5.74, 6) is 0.0614. The van der Waals surface area contributed by atoms with Gasteiger partial charge in [0.1, 0.15) is 0 Å². The fraction of sp³-hybridized carbons (Fsp3) is 0.421. The van der Waals surface area contributed by atoms with Gasteiger partial charge in [-0.3, -0.25) is 24.6 Å². The fourth-order valence-electron chi connectivity index (χ4n) is 3.04. The normalized spacial score (nSPS) is 16.3. The molecule has 1 aliphatic rings. The third-order valence-corrected chi connectivity index (χ3v) is 4.37. The number of aromatic nitrogens is 2. The van der Waals surface area contributed by atoms with Crippen LogP contribution in [0.5, 0.6) is 0 Å². The first-order valence-electron chi connectivity index (χ1n) is 8.80. The van der Waals surface area contributed by atoms with Crippen LogP contribution in [0.1, 0.15) is 17.7 Å². The van der Waals surface area contributed by atoms with Gasteiger partial charge >= 0.3 is 0 Å². The van der Waals surface area contributed by atoms with E-state index in [4.69, 9.17) is 0 Å². The zero-order chi connectivity index (χ0) is 17.3. The van der Waals surface area contributed by atoms with E-state index >= 15 is 0 Å². The number of carbonyl (C=O) groups excluding carboxylic acids is 1. The topological polar surface area (TPSA) is 61.4 Å². The maximum Gasteiger partial charge on any atom is 0.234 e. The van der Waals surface area contributed by atoms with Crippen molar-refractivity contribution in [2.45, 2.75) is 19.5 Å². The summed E-state index contributed by atoms with van der Waals surface area (Å²) in [6.07, 6.45) is 6.55. The zero-order valence-electron chi connectivity index (χ0n) is 14.5. The average Bonchev–Trinajstić information content (AvgIpc) is 2.87. The van der Waals surface area contributed by atoms with Crippen LogP contribution in [0.2, 0.25) is 0 Å². The first-order valence-corrected chi connectivity index (χ1v) is 8.80. The predicted molar refractivity (Wildman–Crippen MR) is 96.7 cm³/mol. The van der Waals surface area contributed by atoms with Gasteiger partial charge in [-0.15, -0.1) is 0 Å². The molecule has 0 aliphatic carbocycles. The second kappa shape index (κ2) is 9.25. The third kappa shape index (κ3) is 5.92. The highest BCUT2D eigenvalue weighted by atomic mass is 16.2. The minimum Gasteiger partial charge on any atom is -0.349 e. The number of nitrogens with one attached hydrogen (secondary N) is 1. The molecule has 0 spiro atoms. The van der Waals surface area contributed by atoms with E-state index in [-0.39, 0.29) is 5.91 Å². The highest BCUT2D eigenvalue weighted by Crippen LogP contribution is 2.08. The lowest BCUT2D eigenvalue weighted by molar-refractivity contribution is -0.122. The van der Waals surface area contributed by atoms with E-state index in [1.165, 1.54) is 5.56 Å². The van der Waals surface area contributed by atoms with Crippen molar-refractivity contribution >= 4 is 5.91 Å². The number of pyridine rings is 2. The third-order valence-electron chi connectivity index (χ3n) is 4.37. The Morgan fingerprint density at radius 3 is 2.72 bits per heavy atom. The Balaban J connectivity index is 1.41. The van der Waals surface area contributed by atoms with Crippen LogP contribution >= 0.6 is 0 Å². The molecule has 3 heterocycles. The van der Waals surface area contributed by atoms with E-state index in [0.717, 1.165) is 44.8 Å². The fourth-order valence-corrected chi connectivity index (χ4v) is 3.04. The maximum atomic E-state index is 12.2. The molecule has 2 aromatic heterocycles. The van der Waals surface area contributed by atoms with Crippen molar-refractivity contribution in [1.29, 1.82) is 0 Å². The number of amides is 1. The Morgan fingerprint density at radius 2 is 1.92 bits per heavy atom. The van der Waals surface area contributed by atoms with Crippen LogP contribution in [0.4, 0.5) is 0 Å². The van der Waals surface area contributed by atoms with Gasteiger partial charge in [-0.05, 0) is 43.3 Å². The number of rotatable bonds is 6. The van der Waals surface area contributed by atoms with Crippen LogP contribution in [0.25, 0.3) is 0 Å². The van der Waals surface area contributed by atoms with Gasteiger partial charge < -0.3 is 5.32 Å². The molecule has 1 saturated heterocycles. The molecule has 6 nitrogen and oxygen atoms in total. The van der Waals surface area contributed by atoms with Gasteiger partial charge in [0.05, 0.1) is 18.8 Å². The van der Waals surface area contributed by atoms with Crippen LogP contribution < -0.4 is 5.32 Å². The molecule has 0 radical (unpaired) electrons. The number of hydrogen-bond acceptors (Lipinski definition) is 5. The smallest absolute Gasteiger partial charge is 0.234 e. The number of carbonyl (C=O) groups is 1. The lowest BCUT2D eigenvalue weighted by Gasteiger charge is -2.21. The summed E-state index contributed by atoms with van der Waals surface area (Å²) in [6.45, 7) is 5.77. The quantitative estimate of drug-likeness (QED) is 0.860. The number of hydrogen-bond donors (Lipinski definition) is 1. The van der Waals surface area contributed by atoms with Crippen molar-refractivity contribution in [2.75, 3.05) is 32.7 Å². The average molecular weight is 339 g/mol.